The first-order chi connectivity index (χ1) is 5.69. The van der Waals surface area contributed by atoms with E-state index in [1.807, 2.05) is 6.07 Å². The van der Waals surface area contributed by atoms with Gasteiger partial charge in [-0.25, -0.2) is 0 Å². The third-order valence-corrected chi connectivity index (χ3v) is 1.98. The van der Waals surface area contributed by atoms with E-state index in [0.717, 1.165) is 0 Å². The largest absolute Gasteiger partial charge is 0.326 e. The van der Waals surface area contributed by atoms with Crippen LogP contribution in [0.3, 0.4) is 0 Å². The minimum absolute atomic E-state index is 0.267. The minimum Gasteiger partial charge on any atom is -0.326 e. The summed E-state index contributed by atoms with van der Waals surface area (Å²) in [5, 5.41) is 9.54. The highest BCUT2D eigenvalue weighted by Gasteiger charge is 2.06. The third kappa shape index (κ3) is 1.70. The zero-order valence-corrected chi connectivity index (χ0v) is 7.65. The van der Waals surface area contributed by atoms with Crippen molar-refractivity contribution < 1.29 is 0 Å². The maximum Gasteiger partial charge on any atom is 0.101 e. The monoisotopic (exact) mass is 200 g/mol. The van der Waals surface area contributed by atoms with Crippen LogP contribution in [0.5, 0.6) is 0 Å². The molecule has 0 aromatic heterocycles. The van der Waals surface area contributed by atoms with Gasteiger partial charge in [-0.05, 0) is 17.7 Å². The Bertz CT molecular complexity index is 342. The molecule has 0 spiro atoms. The molecule has 0 amide bonds. The van der Waals surface area contributed by atoms with Crippen LogP contribution in [0.4, 0.5) is 0 Å². The van der Waals surface area contributed by atoms with Gasteiger partial charge in [0.1, 0.15) is 6.07 Å². The van der Waals surface area contributed by atoms with Crippen LogP contribution in [0.25, 0.3) is 0 Å². The lowest BCUT2D eigenvalue weighted by atomic mass is 10.1. The highest BCUT2D eigenvalue weighted by molar-refractivity contribution is 6.35. The Balaban J connectivity index is 3.36. The molecular formula is C8H6Cl2N2. The average molecular weight is 201 g/mol. The standard InChI is InChI=1S/C8H6Cl2N2/c9-6-1-5(3-11)7(4-12)8(10)2-6/h1-2H,3,11H2. The molecule has 2 N–H and O–H groups in total. The first kappa shape index (κ1) is 9.34. The van der Waals surface area contributed by atoms with E-state index in [2.05, 4.69) is 0 Å². The van der Waals surface area contributed by atoms with Gasteiger partial charge in [-0.1, -0.05) is 23.2 Å². The second kappa shape index (κ2) is 3.77. The summed E-state index contributed by atoms with van der Waals surface area (Å²) in [5.74, 6) is 0. The van der Waals surface area contributed by atoms with E-state index in [4.69, 9.17) is 34.2 Å². The van der Waals surface area contributed by atoms with Crippen molar-refractivity contribution in [2.24, 2.45) is 5.73 Å². The second-order valence-electron chi connectivity index (χ2n) is 2.24. The van der Waals surface area contributed by atoms with Crippen LogP contribution in [0.1, 0.15) is 11.1 Å². The molecule has 0 atom stereocenters. The summed E-state index contributed by atoms with van der Waals surface area (Å²) in [4.78, 5) is 0. The molecule has 0 saturated carbocycles. The van der Waals surface area contributed by atoms with Crippen LogP contribution >= 0.6 is 23.2 Å². The van der Waals surface area contributed by atoms with Gasteiger partial charge in [-0.2, -0.15) is 5.26 Å². The molecule has 0 aliphatic heterocycles. The highest BCUT2D eigenvalue weighted by Crippen LogP contribution is 2.24. The molecule has 0 aliphatic carbocycles. The Morgan fingerprint density at radius 2 is 2.08 bits per heavy atom. The lowest BCUT2D eigenvalue weighted by Crippen LogP contribution is -1.99. The molecule has 0 heterocycles. The van der Waals surface area contributed by atoms with Gasteiger partial charge in [-0.15, -0.1) is 0 Å². The van der Waals surface area contributed by atoms with Crippen molar-refractivity contribution in [1.29, 1.82) is 5.26 Å². The molecule has 1 rings (SSSR count). The van der Waals surface area contributed by atoms with E-state index in [0.29, 0.717) is 21.2 Å². The number of nitrogens with zero attached hydrogens (tertiary/aromatic N) is 1. The summed E-state index contributed by atoms with van der Waals surface area (Å²) in [5.41, 5.74) is 6.48. The molecule has 12 heavy (non-hydrogen) atoms. The molecule has 62 valence electrons. The summed E-state index contributed by atoms with van der Waals surface area (Å²) < 4.78 is 0. The number of hydrogen-bond acceptors (Lipinski definition) is 2. The van der Waals surface area contributed by atoms with Crippen molar-refractivity contribution in [2.75, 3.05) is 0 Å². The first-order valence-electron chi connectivity index (χ1n) is 3.27. The molecule has 0 unspecified atom stereocenters. The smallest absolute Gasteiger partial charge is 0.101 e. The molecule has 0 fully saturated rings. The zero-order valence-electron chi connectivity index (χ0n) is 6.14. The van der Waals surface area contributed by atoms with Gasteiger partial charge in [0, 0.05) is 11.6 Å². The van der Waals surface area contributed by atoms with Crippen molar-refractivity contribution in [3.8, 4) is 6.07 Å². The molecule has 4 heteroatoms. The second-order valence-corrected chi connectivity index (χ2v) is 3.08. The van der Waals surface area contributed by atoms with E-state index in [1.54, 1.807) is 6.07 Å². The van der Waals surface area contributed by atoms with E-state index >= 15 is 0 Å². The van der Waals surface area contributed by atoms with E-state index in [1.165, 1.54) is 6.07 Å². The van der Waals surface area contributed by atoms with Crippen LogP contribution in [0, 0.1) is 11.3 Å². The van der Waals surface area contributed by atoms with Crippen molar-refractivity contribution in [3.63, 3.8) is 0 Å². The third-order valence-electron chi connectivity index (χ3n) is 1.47. The quantitative estimate of drug-likeness (QED) is 0.757. The molecular weight excluding hydrogens is 195 g/mol. The SMILES string of the molecule is N#Cc1c(Cl)cc(Cl)cc1CN. The first-order valence-corrected chi connectivity index (χ1v) is 4.02. The Labute approximate surface area is 80.5 Å². The molecule has 1 aromatic carbocycles. The molecule has 1 aromatic rings. The number of benzene rings is 1. The molecule has 0 bridgehead atoms. The van der Waals surface area contributed by atoms with Crippen LogP contribution < -0.4 is 5.73 Å². The molecule has 0 saturated heterocycles. The highest BCUT2D eigenvalue weighted by atomic mass is 35.5. The molecule has 0 aliphatic rings. The Kier molecular flexibility index (Phi) is 2.93. The maximum atomic E-state index is 8.69. The average Bonchev–Trinajstić information content (AvgIpc) is 2.03. The van der Waals surface area contributed by atoms with Crippen molar-refractivity contribution in [3.05, 3.63) is 33.3 Å². The van der Waals surface area contributed by atoms with Gasteiger partial charge in [0.25, 0.3) is 0 Å². The zero-order chi connectivity index (χ0) is 9.14. The predicted octanol–water partition coefficient (Wildman–Crippen LogP) is 2.32. The summed E-state index contributed by atoms with van der Waals surface area (Å²) in [6.45, 7) is 0.267. The Morgan fingerprint density at radius 1 is 1.42 bits per heavy atom. The van der Waals surface area contributed by atoms with Crippen molar-refractivity contribution >= 4 is 23.2 Å². The number of nitrogens with two attached hydrogens (primary N) is 1. The number of halogens is 2. The predicted molar refractivity (Wildman–Crippen MR) is 49.1 cm³/mol. The lowest BCUT2D eigenvalue weighted by molar-refractivity contribution is 1.06. The van der Waals surface area contributed by atoms with Crippen LogP contribution in [-0.4, -0.2) is 0 Å². The molecule has 0 radical (unpaired) electrons. The summed E-state index contributed by atoms with van der Waals surface area (Å²) >= 11 is 11.5. The van der Waals surface area contributed by atoms with Crippen LogP contribution in [-0.2, 0) is 6.54 Å². The van der Waals surface area contributed by atoms with Crippen LogP contribution in [0.15, 0.2) is 12.1 Å². The lowest BCUT2D eigenvalue weighted by Gasteiger charge is -2.02. The van der Waals surface area contributed by atoms with Gasteiger partial charge in [0.05, 0.1) is 10.6 Å². The van der Waals surface area contributed by atoms with Gasteiger partial charge in [0.15, 0.2) is 0 Å². The topological polar surface area (TPSA) is 49.8 Å². The summed E-state index contributed by atoms with van der Waals surface area (Å²) in [7, 11) is 0. The van der Waals surface area contributed by atoms with Crippen LogP contribution in [0.2, 0.25) is 10.0 Å². The number of hydrogen-bond donors (Lipinski definition) is 1. The van der Waals surface area contributed by atoms with Crippen molar-refractivity contribution in [1.82, 2.24) is 0 Å². The fourth-order valence-corrected chi connectivity index (χ4v) is 1.49. The minimum atomic E-state index is 0.267. The molecule has 2 nitrogen and oxygen atoms in total. The summed E-state index contributed by atoms with van der Waals surface area (Å²) in [6.07, 6.45) is 0. The number of nitriles is 1. The number of rotatable bonds is 1. The van der Waals surface area contributed by atoms with E-state index in [9.17, 15) is 0 Å². The summed E-state index contributed by atoms with van der Waals surface area (Å²) in [6, 6.07) is 5.14. The Hall–Kier alpha value is -0.750. The van der Waals surface area contributed by atoms with E-state index < -0.39 is 0 Å². The maximum absolute atomic E-state index is 8.69. The normalized spacial score (nSPS) is 9.50. The van der Waals surface area contributed by atoms with Crippen molar-refractivity contribution in [2.45, 2.75) is 6.54 Å². The Morgan fingerprint density at radius 3 is 2.58 bits per heavy atom. The fraction of sp³-hybridized carbons (Fsp3) is 0.125. The fourth-order valence-electron chi connectivity index (χ4n) is 0.913. The van der Waals surface area contributed by atoms with Gasteiger partial charge >= 0.3 is 0 Å². The van der Waals surface area contributed by atoms with E-state index in [-0.39, 0.29) is 6.54 Å². The van der Waals surface area contributed by atoms with Gasteiger partial charge in [-0.3, -0.25) is 0 Å². The van der Waals surface area contributed by atoms with Gasteiger partial charge < -0.3 is 5.73 Å². The van der Waals surface area contributed by atoms with Gasteiger partial charge in [0.2, 0.25) is 0 Å².